The van der Waals surface area contributed by atoms with Crippen LogP contribution in [0, 0.1) is 23.3 Å². The van der Waals surface area contributed by atoms with Gasteiger partial charge in [0.1, 0.15) is 16.9 Å². The van der Waals surface area contributed by atoms with Crippen LogP contribution in [0.1, 0.15) is 21.5 Å². The molecule has 0 saturated heterocycles. The van der Waals surface area contributed by atoms with E-state index in [4.69, 9.17) is 5.11 Å². The summed E-state index contributed by atoms with van der Waals surface area (Å²) in [5.41, 5.74) is -4.74. The first-order valence-corrected chi connectivity index (χ1v) is 6.67. The van der Waals surface area contributed by atoms with E-state index in [-0.39, 0.29) is 24.5 Å². The Bertz CT molecular complexity index is 858. The molecular weight excluding hydrogens is 382 g/mol. The number of carboxylic acid groups (broad SMARTS) is 1. The third kappa shape index (κ3) is 4.48. The zero-order chi connectivity index (χ0) is 19.8. The van der Waals surface area contributed by atoms with E-state index in [9.17, 15) is 40.6 Å². The van der Waals surface area contributed by atoms with Crippen molar-refractivity contribution in [2.45, 2.75) is 12.7 Å². The second-order valence-electron chi connectivity index (χ2n) is 5.00. The Kier molecular flexibility index (Phi) is 6.80. The maximum atomic E-state index is 13.8. The fourth-order valence-electron chi connectivity index (χ4n) is 2.09. The van der Waals surface area contributed by atoms with Crippen LogP contribution in [0.4, 0.5) is 36.4 Å². The molecule has 0 heterocycles. The molecule has 4 nitrogen and oxygen atoms in total. The van der Waals surface area contributed by atoms with E-state index in [1.165, 1.54) is 0 Å². The molecule has 3 N–H and O–H groups in total. The normalized spacial score (nSPS) is 11.1. The van der Waals surface area contributed by atoms with Gasteiger partial charge in [-0.25, -0.2) is 22.4 Å². The number of anilines is 1. The molecule has 0 aliphatic carbocycles. The molecule has 0 radical (unpaired) electrons. The van der Waals surface area contributed by atoms with Crippen molar-refractivity contribution < 1.29 is 45.7 Å². The third-order valence-electron chi connectivity index (χ3n) is 3.33. The van der Waals surface area contributed by atoms with E-state index in [0.717, 1.165) is 18.2 Å². The zero-order valence-corrected chi connectivity index (χ0v) is 12.4. The third-order valence-corrected chi connectivity index (χ3v) is 3.33. The fraction of sp³-hybridized carbons (Fsp3) is 0.133. The van der Waals surface area contributed by atoms with Crippen molar-refractivity contribution in [3.8, 4) is 5.75 Å². The van der Waals surface area contributed by atoms with Gasteiger partial charge in [-0.2, -0.15) is 13.2 Å². The molecule has 0 unspecified atom stereocenters. The van der Waals surface area contributed by atoms with Gasteiger partial charge in [-0.3, -0.25) is 0 Å². The predicted octanol–water partition coefficient (Wildman–Crippen LogP) is 3.63. The van der Waals surface area contributed by atoms with Crippen molar-refractivity contribution in [2.24, 2.45) is 0 Å². The number of alkyl halides is 3. The van der Waals surface area contributed by atoms with Crippen LogP contribution in [0.3, 0.4) is 0 Å². The second kappa shape index (κ2) is 8.10. The SMILES string of the molecule is O=C(O)c1cc(NCc2c(F)c(F)c(C(F)(F)F)c(F)c2F)ccc1O.[LiH]. The summed E-state index contributed by atoms with van der Waals surface area (Å²) in [4.78, 5) is 10.9. The number of hydrogen-bond donors (Lipinski definition) is 3. The molecule has 0 saturated carbocycles. The number of aromatic carboxylic acids is 1. The Morgan fingerprint density at radius 3 is 1.96 bits per heavy atom. The Morgan fingerprint density at radius 1 is 1.00 bits per heavy atom. The van der Waals surface area contributed by atoms with Gasteiger partial charge in [0.05, 0.1) is 0 Å². The van der Waals surface area contributed by atoms with Crippen LogP contribution >= 0.6 is 0 Å². The number of aromatic hydroxyl groups is 1. The van der Waals surface area contributed by atoms with E-state index in [0.29, 0.717) is 0 Å². The van der Waals surface area contributed by atoms with Gasteiger partial charge in [-0.15, -0.1) is 0 Å². The molecule has 0 bridgehead atoms. The average Bonchev–Trinajstić information content (AvgIpc) is 2.53. The van der Waals surface area contributed by atoms with Crippen LogP contribution in [0.5, 0.6) is 5.75 Å². The fourth-order valence-corrected chi connectivity index (χ4v) is 2.09. The molecule has 0 fully saturated rings. The summed E-state index contributed by atoms with van der Waals surface area (Å²) in [6, 6.07) is 2.85. The molecular formula is C15H9F7LiNO3. The summed E-state index contributed by atoms with van der Waals surface area (Å²) in [5, 5.41) is 20.4. The molecule has 0 aliphatic rings. The van der Waals surface area contributed by atoms with Crippen molar-refractivity contribution in [3.05, 3.63) is 58.2 Å². The van der Waals surface area contributed by atoms with Crippen LogP contribution < -0.4 is 5.32 Å². The molecule has 0 spiro atoms. The number of carbonyl (C=O) groups is 1. The quantitative estimate of drug-likeness (QED) is 0.322. The molecule has 2 aromatic rings. The monoisotopic (exact) mass is 391 g/mol. The average molecular weight is 391 g/mol. The molecule has 0 atom stereocenters. The molecule has 2 aromatic carbocycles. The minimum absolute atomic E-state index is 0. The van der Waals surface area contributed by atoms with Crippen LogP contribution in [-0.4, -0.2) is 35.0 Å². The first-order valence-electron chi connectivity index (χ1n) is 6.67. The van der Waals surface area contributed by atoms with Crippen LogP contribution in [0.25, 0.3) is 0 Å². The summed E-state index contributed by atoms with van der Waals surface area (Å²) in [5.74, 6) is -11.8. The van der Waals surface area contributed by atoms with Crippen molar-refractivity contribution >= 4 is 30.5 Å². The molecule has 0 amide bonds. The van der Waals surface area contributed by atoms with Gasteiger partial charge in [-0.05, 0) is 18.2 Å². The predicted molar refractivity (Wildman–Crippen MR) is 80.8 cm³/mol. The van der Waals surface area contributed by atoms with Crippen molar-refractivity contribution in [1.29, 1.82) is 0 Å². The number of nitrogens with one attached hydrogen (secondary N) is 1. The Balaban J connectivity index is 0.00000364. The van der Waals surface area contributed by atoms with Gasteiger partial charge in [0, 0.05) is 17.8 Å². The summed E-state index contributed by atoms with van der Waals surface area (Å²) in [6.45, 7) is -0.993. The first-order chi connectivity index (χ1) is 11.9. The molecule has 2 rings (SSSR count). The van der Waals surface area contributed by atoms with Gasteiger partial charge < -0.3 is 15.5 Å². The van der Waals surface area contributed by atoms with E-state index >= 15 is 0 Å². The zero-order valence-electron chi connectivity index (χ0n) is 12.4. The summed E-state index contributed by atoms with van der Waals surface area (Å²) in [6.07, 6.45) is -5.64. The van der Waals surface area contributed by atoms with Gasteiger partial charge >= 0.3 is 31.0 Å². The Morgan fingerprint density at radius 2 is 1.52 bits per heavy atom. The summed E-state index contributed by atoms with van der Waals surface area (Å²) >= 11 is 0. The number of rotatable bonds is 4. The number of halogens is 7. The number of benzene rings is 2. The van der Waals surface area contributed by atoms with Gasteiger partial charge in [-0.1, -0.05) is 0 Å². The van der Waals surface area contributed by atoms with Crippen LogP contribution in [-0.2, 0) is 12.7 Å². The van der Waals surface area contributed by atoms with E-state index in [1.54, 1.807) is 0 Å². The first kappa shape index (κ1) is 22.7. The van der Waals surface area contributed by atoms with Crippen molar-refractivity contribution in [3.63, 3.8) is 0 Å². The molecule has 27 heavy (non-hydrogen) atoms. The van der Waals surface area contributed by atoms with E-state index < -0.39 is 64.4 Å². The second-order valence-corrected chi connectivity index (χ2v) is 5.00. The van der Waals surface area contributed by atoms with Gasteiger partial charge in [0.25, 0.3) is 0 Å². The minimum atomic E-state index is -5.64. The molecule has 12 heteroatoms. The van der Waals surface area contributed by atoms with Crippen LogP contribution in [0.15, 0.2) is 18.2 Å². The molecule has 0 aliphatic heterocycles. The van der Waals surface area contributed by atoms with Gasteiger partial charge in [0.2, 0.25) is 0 Å². The Labute approximate surface area is 158 Å². The van der Waals surface area contributed by atoms with Crippen molar-refractivity contribution in [2.75, 3.05) is 5.32 Å². The topological polar surface area (TPSA) is 69.6 Å². The number of carboxylic acids is 1. The van der Waals surface area contributed by atoms with Crippen LogP contribution in [0.2, 0.25) is 0 Å². The maximum absolute atomic E-state index is 13.8. The van der Waals surface area contributed by atoms with E-state index in [1.807, 2.05) is 0 Å². The summed E-state index contributed by atoms with van der Waals surface area (Å²) in [7, 11) is 0. The van der Waals surface area contributed by atoms with Gasteiger partial charge in [0.15, 0.2) is 23.3 Å². The Hall–Kier alpha value is -2.38. The van der Waals surface area contributed by atoms with E-state index in [2.05, 4.69) is 5.32 Å². The number of phenols is 1. The molecule has 0 aromatic heterocycles. The van der Waals surface area contributed by atoms with Crippen molar-refractivity contribution in [1.82, 2.24) is 0 Å². The number of hydrogen-bond acceptors (Lipinski definition) is 3. The standard InChI is InChI=1S/C15H8F7NO3.Li.H/c16-10-7(11(17)13(19)9(12(10)18)15(20,21)22)4-23-5-1-2-8(24)6(3-5)14(25)26;;/h1-3,23-24H,4H2,(H,25,26);;. The molecule has 142 valence electrons. The summed E-state index contributed by atoms with van der Waals surface area (Å²) < 4.78 is 92.0.